The van der Waals surface area contributed by atoms with Gasteiger partial charge in [0.15, 0.2) is 0 Å². The lowest BCUT2D eigenvalue weighted by Gasteiger charge is -2.24. The first-order valence-electron chi connectivity index (χ1n) is 7.96. The van der Waals surface area contributed by atoms with E-state index in [4.69, 9.17) is 16.3 Å². The van der Waals surface area contributed by atoms with Crippen molar-refractivity contribution in [1.29, 1.82) is 0 Å². The summed E-state index contributed by atoms with van der Waals surface area (Å²) in [6, 6.07) is 15.6. The number of carbonyl (C=O) groups excluding carboxylic acids is 1. The molecule has 1 unspecified atom stereocenters. The molecule has 1 N–H and O–H groups in total. The average molecular weight is 343 g/mol. The molecule has 0 saturated carbocycles. The van der Waals surface area contributed by atoms with Crippen molar-refractivity contribution in [2.24, 2.45) is 5.10 Å². The van der Waals surface area contributed by atoms with E-state index in [0.717, 1.165) is 24.8 Å². The number of rotatable bonds is 5. The minimum Gasteiger partial charge on any atom is -0.368 e. The number of ether oxygens (including phenoxy) is 1. The van der Waals surface area contributed by atoms with Crippen LogP contribution in [0.5, 0.6) is 0 Å². The Labute approximate surface area is 146 Å². The van der Waals surface area contributed by atoms with Crippen molar-refractivity contribution < 1.29 is 9.53 Å². The molecule has 4 nitrogen and oxygen atoms in total. The van der Waals surface area contributed by atoms with E-state index in [1.165, 1.54) is 11.1 Å². The average Bonchev–Trinajstić information content (AvgIpc) is 2.61. The first-order chi connectivity index (χ1) is 11.7. The van der Waals surface area contributed by atoms with E-state index in [2.05, 4.69) is 28.7 Å². The first kappa shape index (κ1) is 16.7. The van der Waals surface area contributed by atoms with Crippen LogP contribution >= 0.6 is 11.6 Å². The van der Waals surface area contributed by atoms with Crippen LogP contribution in [0, 0.1) is 0 Å². The van der Waals surface area contributed by atoms with Gasteiger partial charge in [0, 0.05) is 5.02 Å². The molecule has 0 heterocycles. The predicted molar refractivity (Wildman–Crippen MR) is 95.4 cm³/mol. The van der Waals surface area contributed by atoms with Crippen molar-refractivity contribution in [2.45, 2.75) is 25.4 Å². The molecular weight excluding hydrogens is 324 g/mol. The van der Waals surface area contributed by atoms with E-state index in [1.54, 1.807) is 18.3 Å². The molecule has 5 heteroatoms. The third-order valence-electron chi connectivity index (χ3n) is 4.02. The molecule has 0 radical (unpaired) electrons. The maximum atomic E-state index is 11.8. The molecule has 1 aliphatic rings. The summed E-state index contributed by atoms with van der Waals surface area (Å²) < 4.78 is 5.72. The van der Waals surface area contributed by atoms with Gasteiger partial charge in [-0.15, -0.1) is 0 Å². The number of benzene rings is 2. The van der Waals surface area contributed by atoms with Gasteiger partial charge in [-0.1, -0.05) is 48.0 Å². The molecule has 1 aliphatic carbocycles. The van der Waals surface area contributed by atoms with Crippen molar-refractivity contribution in [2.75, 3.05) is 6.61 Å². The molecule has 0 aromatic heterocycles. The number of aryl methyl sites for hydroxylation is 1. The van der Waals surface area contributed by atoms with Gasteiger partial charge in [-0.05, 0) is 48.1 Å². The number of halogens is 1. The second-order valence-corrected chi connectivity index (χ2v) is 6.23. The predicted octanol–water partition coefficient (Wildman–Crippen LogP) is 3.36. The lowest BCUT2D eigenvalue weighted by atomic mass is 9.90. The smallest absolute Gasteiger partial charge is 0.266 e. The van der Waals surface area contributed by atoms with Gasteiger partial charge in [-0.3, -0.25) is 4.79 Å². The zero-order valence-corrected chi connectivity index (χ0v) is 14.0. The molecule has 3 rings (SSSR count). The Morgan fingerprint density at radius 2 is 1.96 bits per heavy atom. The third kappa shape index (κ3) is 4.66. The first-order valence-corrected chi connectivity index (χ1v) is 8.34. The van der Waals surface area contributed by atoms with Gasteiger partial charge in [0.2, 0.25) is 0 Å². The summed E-state index contributed by atoms with van der Waals surface area (Å²) in [4.78, 5) is 11.8. The summed E-state index contributed by atoms with van der Waals surface area (Å²) in [5, 5.41) is 4.59. The van der Waals surface area contributed by atoms with Crippen LogP contribution in [0.3, 0.4) is 0 Å². The molecule has 0 aliphatic heterocycles. The maximum Gasteiger partial charge on any atom is 0.266 e. The quantitative estimate of drug-likeness (QED) is 0.669. The van der Waals surface area contributed by atoms with Crippen molar-refractivity contribution in [3.05, 3.63) is 70.2 Å². The topological polar surface area (TPSA) is 50.7 Å². The summed E-state index contributed by atoms with van der Waals surface area (Å²) in [7, 11) is 0. The van der Waals surface area contributed by atoms with Crippen LogP contribution in [0.1, 0.15) is 23.1 Å². The zero-order valence-electron chi connectivity index (χ0n) is 13.2. The highest BCUT2D eigenvalue weighted by Gasteiger charge is 2.19. The Kier molecular flexibility index (Phi) is 5.62. The van der Waals surface area contributed by atoms with E-state index < -0.39 is 0 Å². The highest BCUT2D eigenvalue weighted by atomic mass is 35.5. The zero-order chi connectivity index (χ0) is 16.8. The number of carbonyl (C=O) groups is 1. The van der Waals surface area contributed by atoms with E-state index in [0.29, 0.717) is 5.02 Å². The van der Waals surface area contributed by atoms with Gasteiger partial charge in [-0.2, -0.15) is 5.10 Å². The highest BCUT2D eigenvalue weighted by Crippen LogP contribution is 2.22. The summed E-state index contributed by atoms with van der Waals surface area (Å²) in [5.41, 5.74) is 6.04. The summed E-state index contributed by atoms with van der Waals surface area (Å²) in [6.07, 6.45) is 4.46. The van der Waals surface area contributed by atoms with Crippen LogP contribution in [-0.2, 0) is 22.4 Å². The van der Waals surface area contributed by atoms with Gasteiger partial charge in [0.05, 0.1) is 12.3 Å². The number of hydrogen-bond acceptors (Lipinski definition) is 3. The molecule has 1 atom stereocenters. The largest absolute Gasteiger partial charge is 0.368 e. The number of nitrogens with zero attached hydrogens (tertiary/aromatic N) is 1. The Morgan fingerprint density at radius 1 is 1.21 bits per heavy atom. The second kappa shape index (κ2) is 8.08. The molecule has 124 valence electrons. The fourth-order valence-corrected chi connectivity index (χ4v) is 2.89. The van der Waals surface area contributed by atoms with Gasteiger partial charge < -0.3 is 4.74 Å². The van der Waals surface area contributed by atoms with E-state index in [9.17, 15) is 4.79 Å². The Bertz CT molecular complexity index is 728. The van der Waals surface area contributed by atoms with Gasteiger partial charge in [0.25, 0.3) is 5.91 Å². The van der Waals surface area contributed by atoms with Gasteiger partial charge in [-0.25, -0.2) is 5.43 Å². The van der Waals surface area contributed by atoms with Crippen LogP contribution in [0.15, 0.2) is 53.6 Å². The molecule has 24 heavy (non-hydrogen) atoms. The van der Waals surface area contributed by atoms with Crippen LogP contribution in [0.2, 0.25) is 5.02 Å². The number of hydrazone groups is 1. The lowest BCUT2D eigenvalue weighted by molar-refractivity contribution is -0.127. The molecule has 0 spiro atoms. The summed E-state index contributed by atoms with van der Waals surface area (Å²) in [6.45, 7) is 0.0186. The van der Waals surface area contributed by atoms with Crippen LogP contribution in [0.4, 0.5) is 0 Å². The number of amides is 1. The Morgan fingerprint density at radius 3 is 2.75 bits per heavy atom. The third-order valence-corrected chi connectivity index (χ3v) is 4.28. The number of hydrogen-bond donors (Lipinski definition) is 1. The molecule has 0 fully saturated rings. The van der Waals surface area contributed by atoms with Crippen molar-refractivity contribution >= 4 is 23.7 Å². The molecular formula is C19H19ClN2O2. The fraction of sp³-hybridized carbons (Fsp3) is 0.263. The molecule has 1 amide bonds. The van der Waals surface area contributed by atoms with E-state index >= 15 is 0 Å². The van der Waals surface area contributed by atoms with Crippen LogP contribution < -0.4 is 5.43 Å². The number of fused-ring (bicyclic) bond motifs is 1. The van der Waals surface area contributed by atoms with E-state index in [-0.39, 0.29) is 18.6 Å². The summed E-state index contributed by atoms with van der Waals surface area (Å²) >= 11 is 5.81. The SMILES string of the molecule is O=C(COC1CCc2ccccc2C1)N/N=C/c1ccc(Cl)cc1. The monoisotopic (exact) mass is 342 g/mol. The highest BCUT2D eigenvalue weighted by molar-refractivity contribution is 6.30. The fourth-order valence-electron chi connectivity index (χ4n) is 2.76. The number of nitrogens with one attached hydrogen (secondary N) is 1. The second-order valence-electron chi connectivity index (χ2n) is 5.79. The van der Waals surface area contributed by atoms with Gasteiger partial charge in [0.1, 0.15) is 6.61 Å². The molecule has 2 aromatic rings. The summed E-state index contributed by atoms with van der Waals surface area (Å²) in [5.74, 6) is -0.251. The van der Waals surface area contributed by atoms with Crippen molar-refractivity contribution in [3.8, 4) is 0 Å². The molecule has 0 bridgehead atoms. The minimum absolute atomic E-state index is 0.0186. The Balaban J connectivity index is 1.42. The normalized spacial score (nSPS) is 16.8. The standard InChI is InChI=1S/C19H19ClN2O2/c20-17-8-5-14(6-9-17)12-21-22-19(23)13-24-18-10-7-15-3-1-2-4-16(15)11-18/h1-6,8-9,12,18H,7,10-11,13H2,(H,22,23)/b21-12+. The van der Waals surface area contributed by atoms with E-state index in [1.807, 2.05) is 18.2 Å². The van der Waals surface area contributed by atoms with Crippen molar-refractivity contribution in [1.82, 2.24) is 5.43 Å². The maximum absolute atomic E-state index is 11.8. The van der Waals surface area contributed by atoms with Crippen LogP contribution in [0.25, 0.3) is 0 Å². The van der Waals surface area contributed by atoms with Crippen LogP contribution in [-0.4, -0.2) is 24.8 Å². The van der Waals surface area contributed by atoms with Gasteiger partial charge >= 0.3 is 0 Å². The van der Waals surface area contributed by atoms with Crippen molar-refractivity contribution in [3.63, 3.8) is 0 Å². The Hall–Kier alpha value is -2.17. The molecule has 2 aromatic carbocycles. The minimum atomic E-state index is -0.251. The lowest BCUT2D eigenvalue weighted by Crippen LogP contribution is -2.29. The molecule has 0 saturated heterocycles.